The Hall–Kier alpha value is -1.66. The molecule has 0 fully saturated rings. The minimum absolute atomic E-state index is 0.114. The molecular weight excluding hydrogens is 278 g/mol. The number of rotatable bonds is 3. The third kappa shape index (κ3) is 2.41. The molecule has 1 amide bonds. The van der Waals surface area contributed by atoms with Crippen molar-refractivity contribution in [3.05, 3.63) is 34.2 Å². The quantitative estimate of drug-likeness (QED) is 0.536. The molecule has 2 aromatic rings. The average Bonchev–Trinajstić information content (AvgIpc) is 2.99. The van der Waals surface area contributed by atoms with Gasteiger partial charge in [0.2, 0.25) is 0 Å². The number of nitrogens with zero attached hydrogens (tertiary/aromatic N) is 2. The van der Waals surface area contributed by atoms with Crippen LogP contribution in [0, 0.1) is 0 Å². The summed E-state index contributed by atoms with van der Waals surface area (Å²) in [6.45, 7) is 2.04. The smallest absolute Gasteiger partial charge is 0.257 e. The number of hydrogen-bond acceptors (Lipinski definition) is 5. The van der Waals surface area contributed by atoms with Crippen molar-refractivity contribution in [1.29, 1.82) is 0 Å². The van der Waals surface area contributed by atoms with E-state index in [4.69, 9.17) is 0 Å². The number of thiophene rings is 1. The number of anilines is 1. The molecule has 3 rings (SSSR count). The van der Waals surface area contributed by atoms with Crippen molar-refractivity contribution < 1.29 is 4.79 Å². The van der Waals surface area contributed by atoms with Crippen LogP contribution in [-0.4, -0.2) is 21.6 Å². The first-order chi connectivity index (χ1) is 9.28. The zero-order valence-electron chi connectivity index (χ0n) is 10.2. The van der Waals surface area contributed by atoms with Gasteiger partial charge in [-0.15, -0.1) is 11.3 Å². The van der Waals surface area contributed by atoms with Crippen LogP contribution in [-0.2, 0) is 4.79 Å². The van der Waals surface area contributed by atoms with E-state index in [2.05, 4.69) is 15.3 Å². The van der Waals surface area contributed by atoms with Crippen molar-refractivity contribution >= 4 is 46.5 Å². The van der Waals surface area contributed by atoms with Crippen molar-refractivity contribution in [3.8, 4) is 0 Å². The second-order valence-electron chi connectivity index (χ2n) is 3.88. The summed E-state index contributed by atoms with van der Waals surface area (Å²) < 4.78 is 0. The van der Waals surface area contributed by atoms with Gasteiger partial charge in [-0.2, -0.15) is 0 Å². The second kappa shape index (κ2) is 5.14. The molecule has 0 unspecified atom stereocenters. The Kier molecular flexibility index (Phi) is 3.35. The summed E-state index contributed by atoms with van der Waals surface area (Å²) in [6.07, 6.45) is 3.60. The van der Waals surface area contributed by atoms with Crippen molar-refractivity contribution in [1.82, 2.24) is 9.97 Å². The summed E-state index contributed by atoms with van der Waals surface area (Å²) in [7, 11) is 0. The van der Waals surface area contributed by atoms with Gasteiger partial charge in [0.1, 0.15) is 5.82 Å². The van der Waals surface area contributed by atoms with Crippen LogP contribution in [0.1, 0.15) is 17.4 Å². The van der Waals surface area contributed by atoms with E-state index in [1.165, 1.54) is 0 Å². The highest BCUT2D eigenvalue weighted by atomic mass is 32.2. The fourth-order valence-electron chi connectivity index (χ4n) is 1.81. The first-order valence-corrected chi connectivity index (χ1v) is 7.71. The highest BCUT2D eigenvalue weighted by molar-refractivity contribution is 7.99. The van der Waals surface area contributed by atoms with Crippen LogP contribution in [0.4, 0.5) is 5.82 Å². The SMILES string of the molecule is CCSc1ncc2c(n1)NC(=O)C2=Cc1cccs1. The van der Waals surface area contributed by atoms with E-state index in [0.29, 0.717) is 16.5 Å². The minimum Gasteiger partial charge on any atom is -0.306 e. The van der Waals surface area contributed by atoms with Crippen molar-refractivity contribution in [3.63, 3.8) is 0 Å². The highest BCUT2D eigenvalue weighted by Gasteiger charge is 2.26. The minimum atomic E-state index is -0.114. The molecule has 0 aliphatic carbocycles. The summed E-state index contributed by atoms with van der Waals surface area (Å²) in [5.41, 5.74) is 1.41. The Bertz CT molecular complexity index is 650. The molecule has 19 heavy (non-hydrogen) atoms. The summed E-state index contributed by atoms with van der Waals surface area (Å²) >= 11 is 3.15. The normalized spacial score (nSPS) is 15.6. The maximum atomic E-state index is 12.0. The van der Waals surface area contributed by atoms with Crippen molar-refractivity contribution in [2.45, 2.75) is 12.1 Å². The van der Waals surface area contributed by atoms with Gasteiger partial charge >= 0.3 is 0 Å². The molecule has 3 heterocycles. The van der Waals surface area contributed by atoms with Crippen LogP contribution < -0.4 is 5.32 Å². The molecule has 2 aromatic heterocycles. The summed E-state index contributed by atoms with van der Waals surface area (Å²) in [5, 5.41) is 5.47. The molecule has 6 heteroatoms. The van der Waals surface area contributed by atoms with E-state index in [9.17, 15) is 4.79 Å². The van der Waals surface area contributed by atoms with Gasteiger partial charge in [0.15, 0.2) is 5.16 Å². The molecule has 4 nitrogen and oxygen atoms in total. The number of amides is 1. The lowest BCUT2D eigenvalue weighted by Gasteiger charge is -2.00. The number of fused-ring (bicyclic) bond motifs is 1. The Morgan fingerprint density at radius 3 is 3.16 bits per heavy atom. The molecule has 1 aliphatic heterocycles. The Labute approximate surface area is 119 Å². The van der Waals surface area contributed by atoms with Crippen LogP contribution in [0.5, 0.6) is 0 Å². The average molecular weight is 289 g/mol. The largest absolute Gasteiger partial charge is 0.306 e. The van der Waals surface area contributed by atoms with Crippen molar-refractivity contribution in [2.75, 3.05) is 11.1 Å². The third-order valence-corrected chi connectivity index (χ3v) is 4.20. The molecule has 96 valence electrons. The molecule has 0 spiro atoms. The summed E-state index contributed by atoms with van der Waals surface area (Å²) in [4.78, 5) is 21.7. The van der Waals surface area contributed by atoms with E-state index in [1.54, 1.807) is 29.3 Å². The number of carbonyl (C=O) groups excluding carboxylic acids is 1. The highest BCUT2D eigenvalue weighted by Crippen LogP contribution is 2.32. The molecular formula is C13H11N3OS2. The van der Waals surface area contributed by atoms with E-state index < -0.39 is 0 Å². The fraction of sp³-hybridized carbons (Fsp3) is 0.154. The maximum absolute atomic E-state index is 12.0. The standard InChI is InChI=1S/C13H11N3OS2/c1-2-18-13-14-7-10-9(6-8-4-3-5-19-8)12(17)15-11(10)16-13/h3-7H,2H2,1H3,(H,14,15,16,17). The molecule has 0 aromatic carbocycles. The first-order valence-electron chi connectivity index (χ1n) is 5.84. The zero-order chi connectivity index (χ0) is 13.2. The predicted octanol–water partition coefficient (Wildman–Crippen LogP) is 3.14. The fourth-order valence-corrected chi connectivity index (χ4v) is 3.01. The van der Waals surface area contributed by atoms with Crippen LogP contribution in [0.25, 0.3) is 11.6 Å². The lowest BCUT2D eigenvalue weighted by molar-refractivity contribution is -0.110. The number of thioether (sulfide) groups is 1. The first kappa shape index (κ1) is 12.4. The molecule has 0 radical (unpaired) electrons. The van der Waals surface area contributed by atoms with Crippen LogP contribution >= 0.6 is 23.1 Å². The summed E-state index contributed by atoms with van der Waals surface area (Å²) in [6, 6.07) is 3.94. The summed E-state index contributed by atoms with van der Waals surface area (Å²) in [5.74, 6) is 1.40. The van der Waals surface area contributed by atoms with Crippen molar-refractivity contribution in [2.24, 2.45) is 0 Å². The Morgan fingerprint density at radius 2 is 2.42 bits per heavy atom. The molecule has 1 aliphatic rings. The zero-order valence-corrected chi connectivity index (χ0v) is 11.8. The van der Waals surface area contributed by atoms with E-state index in [1.807, 2.05) is 30.5 Å². The lowest BCUT2D eigenvalue weighted by atomic mass is 10.1. The van der Waals surface area contributed by atoms with Gasteiger partial charge in [0.05, 0.1) is 5.57 Å². The van der Waals surface area contributed by atoms with Gasteiger partial charge in [-0.05, 0) is 23.3 Å². The molecule has 0 bridgehead atoms. The van der Waals surface area contributed by atoms with Gasteiger partial charge in [0, 0.05) is 16.6 Å². The Morgan fingerprint density at radius 1 is 1.53 bits per heavy atom. The maximum Gasteiger partial charge on any atom is 0.257 e. The third-order valence-electron chi connectivity index (χ3n) is 2.64. The Balaban J connectivity index is 2.01. The topological polar surface area (TPSA) is 54.9 Å². The lowest BCUT2D eigenvalue weighted by Crippen LogP contribution is -2.04. The van der Waals surface area contributed by atoms with Gasteiger partial charge in [0.25, 0.3) is 5.91 Å². The van der Waals surface area contributed by atoms with Gasteiger partial charge in [-0.1, -0.05) is 24.8 Å². The number of nitrogens with one attached hydrogen (secondary N) is 1. The van der Waals surface area contributed by atoms with Crippen LogP contribution in [0.2, 0.25) is 0 Å². The molecule has 0 saturated carbocycles. The molecule has 0 saturated heterocycles. The van der Waals surface area contributed by atoms with Gasteiger partial charge in [-0.3, -0.25) is 4.79 Å². The molecule has 0 atom stereocenters. The van der Waals surface area contributed by atoms with Gasteiger partial charge in [-0.25, -0.2) is 9.97 Å². The van der Waals surface area contributed by atoms with E-state index in [-0.39, 0.29) is 5.91 Å². The van der Waals surface area contributed by atoms with Gasteiger partial charge < -0.3 is 5.32 Å². The van der Waals surface area contributed by atoms with E-state index >= 15 is 0 Å². The van der Waals surface area contributed by atoms with E-state index in [0.717, 1.165) is 16.2 Å². The second-order valence-corrected chi connectivity index (χ2v) is 6.09. The number of carbonyl (C=O) groups is 1. The number of hydrogen-bond donors (Lipinski definition) is 1. The number of aromatic nitrogens is 2. The van der Waals surface area contributed by atoms with Crippen LogP contribution in [0.15, 0.2) is 28.9 Å². The molecule has 1 N–H and O–H groups in total. The monoisotopic (exact) mass is 289 g/mol. The van der Waals surface area contributed by atoms with Crippen LogP contribution in [0.3, 0.4) is 0 Å². The predicted molar refractivity (Wildman–Crippen MR) is 79.2 cm³/mol.